The van der Waals surface area contributed by atoms with Crippen molar-refractivity contribution >= 4 is 11.6 Å². The van der Waals surface area contributed by atoms with Gasteiger partial charge in [0, 0.05) is 17.5 Å². The molecule has 0 aliphatic heterocycles. The molecule has 0 spiro atoms. The lowest BCUT2D eigenvalue weighted by atomic mass is 9.98. The lowest BCUT2D eigenvalue weighted by molar-refractivity contribution is -0.137. The Bertz CT molecular complexity index is 748. The number of halogens is 4. The van der Waals surface area contributed by atoms with Crippen molar-refractivity contribution in [2.24, 2.45) is 0 Å². The predicted molar refractivity (Wildman–Crippen MR) is 70.8 cm³/mol. The van der Waals surface area contributed by atoms with Crippen molar-refractivity contribution in [1.29, 1.82) is 0 Å². The molecule has 112 valence electrons. The zero-order valence-electron chi connectivity index (χ0n) is 10.8. The fraction of sp³-hybridized carbons (Fsp3) is 0.385. The average molecular weight is 318 g/mol. The molecule has 2 aromatic heterocycles. The van der Waals surface area contributed by atoms with Gasteiger partial charge in [-0.05, 0) is 31.7 Å². The molecule has 2 heterocycles. The first-order valence-electron chi connectivity index (χ1n) is 6.44. The predicted octanol–water partition coefficient (Wildman–Crippen LogP) is 3.11. The van der Waals surface area contributed by atoms with E-state index in [0.29, 0.717) is 18.2 Å². The van der Waals surface area contributed by atoms with Crippen LogP contribution >= 0.6 is 11.6 Å². The summed E-state index contributed by atoms with van der Waals surface area (Å²) in [6, 6.07) is 0.774. The van der Waals surface area contributed by atoms with Crippen LogP contribution in [0.3, 0.4) is 0 Å². The molecule has 0 saturated carbocycles. The molecule has 2 aromatic rings. The number of fused-ring (bicyclic) bond motifs is 1. The molecular formula is C13H11ClF3N3O. The molecule has 8 heteroatoms. The van der Waals surface area contributed by atoms with Crippen LogP contribution in [0, 0.1) is 0 Å². The molecule has 4 nitrogen and oxygen atoms in total. The molecule has 1 aliphatic rings. The smallest absolute Gasteiger partial charge is 0.293 e. The minimum atomic E-state index is -4.52. The highest BCUT2D eigenvalue weighted by Gasteiger charge is 2.32. The lowest BCUT2D eigenvalue weighted by Gasteiger charge is -2.09. The minimum Gasteiger partial charge on any atom is -0.293 e. The van der Waals surface area contributed by atoms with Crippen LogP contribution in [0.25, 0.3) is 5.82 Å². The Hall–Kier alpha value is -1.76. The van der Waals surface area contributed by atoms with Gasteiger partial charge in [0.15, 0.2) is 5.82 Å². The van der Waals surface area contributed by atoms with Gasteiger partial charge in [0.2, 0.25) is 0 Å². The standard InChI is InChI=1S/C13H11ClF3N3O/c14-9-5-7(13(15,16)17)6-18-11(9)20-12(21)8-3-1-2-4-10(8)19-20/h5-6,19H,1-4H2. The molecule has 1 N–H and O–H groups in total. The molecular weight excluding hydrogens is 307 g/mol. The second-order valence-electron chi connectivity index (χ2n) is 4.94. The summed E-state index contributed by atoms with van der Waals surface area (Å²) in [5, 5.41) is 2.68. The van der Waals surface area contributed by atoms with E-state index in [4.69, 9.17) is 11.6 Å². The lowest BCUT2D eigenvalue weighted by Crippen LogP contribution is -2.19. The van der Waals surface area contributed by atoms with Crippen LogP contribution in [0.1, 0.15) is 29.7 Å². The molecule has 21 heavy (non-hydrogen) atoms. The molecule has 0 unspecified atom stereocenters. The number of hydrogen-bond acceptors (Lipinski definition) is 2. The number of H-pyrrole nitrogens is 1. The van der Waals surface area contributed by atoms with Gasteiger partial charge in [-0.1, -0.05) is 11.6 Å². The Balaban J connectivity index is 2.10. The number of pyridine rings is 1. The SMILES string of the molecule is O=c1c2c([nH]n1-c1ncc(C(F)(F)F)cc1Cl)CCCC2. The van der Waals surface area contributed by atoms with E-state index >= 15 is 0 Å². The topological polar surface area (TPSA) is 50.7 Å². The van der Waals surface area contributed by atoms with Gasteiger partial charge in [0.05, 0.1) is 10.6 Å². The van der Waals surface area contributed by atoms with Crippen LogP contribution in [-0.2, 0) is 19.0 Å². The quantitative estimate of drug-likeness (QED) is 0.878. The molecule has 0 atom stereocenters. The Kier molecular flexibility index (Phi) is 3.32. The summed E-state index contributed by atoms with van der Waals surface area (Å²) >= 11 is 5.86. The van der Waals surface area contributed by atoms with E-state index in [0.717, 1.165) is 35.7 Å². The first-order valence-corrected chi connectivity index (χ1v) is 6.81. The second-order valence-corrected chi connectivity index (χ2v) is 5.35. The van der Waals surface area contributed by atoms with Crippen LogP contribution < -0.4 is 5.56 Å². The summed E-state index contributed by atoms with van der Waals surface area (Å²) in [5.74, 6) is -0.0101. The van der Waals surface area contributed by atoms with Gasteiger partial charge in [-0.25, -0.2) is 4.98 Å². The molecule has 0 aromatic carbocycles. The van der Waals surface area contributed by atoms with Crippen LogP contribution in [0.4, 0.5) is 13.2 Å². The van der Waals surface area contributed by atoms with Crippen LogP contribution in [-0.4, -0.2) is 14.8 Å². The minimum absolute atomic E-state index is 0.0101. The Morgan fingerprint density at radius 1 is 1.29 bits per heavy atom. The van der Waals surface area contributed by atoms with Crippen molar-refractivity contribution in [2.75, 3.05) is 0 Å². The van der Waals surface area contributed by atoms with E-state index in [1.54, 1.807) is 0 Å². The largest absolute Gasteiger partial charge is 0.417 e. The maximum Gasteiger partial charge on any atom is 0.417 e. The summed E-state index contributed by atoms with van der Waals surface area (Å²) in [5.41, 5.74) is 0.238. The number of nitrogens with zero attached hydrogens (tertiary/aromatic N) is 2. The molecule has 0 fully saturated rings. The third-order valence-corrected chi connectivity index (χ3v) is 3.81. The number of hydrogen-bond donors (Lipinski definition) is 1. The van der Waals surface area contributed by atoms with Crippen molar-refractivity contribution in [3.63, 3.8) is 0 Å². The van der Waals surface area contributed by atoms with E-state index in [2.05, 4.69) is 10.1 Å². The summed E-state index contributed by atoms with van der Waals surface area (Å²) < 4.78 is 38.9. The maximum absolute atomic E-state index is 12.6. The molecule has 1 aliphatic carbocycles. The van der Waals surface area contributed by atoms with E-state index < -0.39 is 11.7 Å². The van der Waals surface area contributed by atoms with E-state index in [-0.39, 0.29) is 16.4 Å². The fourth-order valence-electron chi connectivity index (χ4n) is 2.48. The average Bonchev–Trinajstić information content (AvgIpc) is 2.75. The number of nitrogens with one attached hydrogen (secondary N) is 1. The van der Waals surface area contributed by atoms with E-state index in [1.165, 1.54) is 0 Å². The number of rotatable bonds is 1. The van der Waals surface area contributed by atoms with Gasteiger partial charge in [0.1, 0.15) is 0 Å². The summed E-state index contributed by atoms with van der Waals surface area (Å²) in [6.45, 7) is 0. The van der Waals surface area contributed by atoms with Crippen molar-refractivity contribution in [3.8, 4) is 5.82 Å². The molecule has 0 amide bonds. The molecule has 0 saturated heterocycles. The highest BCUT2D eigenvalue weighted by molar-refractivity contribution is 6.32. The molecule has 0 bridgehead atoms. The summed E-state index contributed by atoms with van der Waals surface area (Å²) in [4.78, 5) is 16.0. The third-order valence-electron chi connectivity index (χ3n) is 3.54. The first-order chi connectivity index (χ1) is 9.88. The van der Waals surface area contributed by atoms with Crippen molar-refractivity contribution in [2.45, 2.75) is 31.9 Å². The molecule has 0 radical (unpaired) electrons. The second kappa shape index (κ2) is 4.91. The zero-order valence-corrected chi connectivity index (χ0v) is 11.6. The van der Waals surface area contributed by atoms with Gasteiger partial charge in [-0.2, -0.15) is 17.9 Å². The third kappa shape index (κ3) is 2.46. The van der Waals surface area contributed by atoms with Crippen LogP contribution in [0.5, 0.6) is 0 Å². The summed E-state index contributed by atoms with van der Waals surface area (Å²) in [6.07, 6.45) is -0.538. The fourth-order valence-corrected chi connectivity index (χ4v) is 2.74. The van der Waals surface area contributed by atoms with Crippen LogP contribution in [0.15, 0.2) is 17.1 Å². The van der Waals surface area contributed by atoms with Crippen molar-refractivity contribution in [3.05, 3.63) is 44.5 Å². The Morgan fingerprint density at radius 2 is 2.00 bits per heavy atom. The molecule has 3 rings (SSSR count). The maximum atomic E-state index is 12.6. The monoisotopic (exact) mass is 317 g/mol. The number of alkyl halides is 3. The number of aromatic nitrogens is 3. The van der Waals surface area contributed by atoms with E-state index in [9.17, 15) is 18.0 Å². The zero-order chi connectivity index (χ0) is 15.2. The Morgan fingerprint density at radius 3 is 2.62 bits per heavy atom. The Labute approximate surface area is 122 Å². The van der Waals surface area contributed by atoms with Gasteiger partial charge >= 0.3 is 6.18 Å². The van der Waals surface area contributed by atoms with E-state index in [1.807, 2.05) is 0 Å². The number of aryl methyl sites for hydroxylation is 1. The van der Waals surface area contributed by atoms with Gasteiger partial charge in [0.25, 0.3) is 5.56 Å². The normalized spacial score (nSPS) is 15.0. The van der Waals surface area contributed by atoms with Crippen molar-refractivity contribution < 1.29 is 13.2 Å². The highest BCUT2D eigenvalue weighted by atomic mass is 35.5. The van der Waals surface area contributed by atoms with Crippen molar-refractivity contribution in [1.82, 2.24) is 14.8 Å². The van der Waals surface area contributed by atoms with Gasteiger partial charge in [-0.3, -0.25) is 9.89 Å². The van der Waals surface area contributed by atoms with Crippen LogP contribution in [0.2, 0.25) is 5.02 Å². The summed E-state index contributed by atoms with van der Waals surface area (Å²) in [7, 11) is 0. The van der Waals surface area contributed by atoms with Gasteiger partial charge < -0.3 is 0 Å². The van der Waals surface area contributed by atoms with Gasteiger partial charge in [-0.15, -0.1) is 0 Å². The number of aromatic amines is 1. The highest BCUT2D eigenvalue weighted by Crippen LogP contribution is 2.31. The first kappa shape index (κ1) is 14.2.